The first-order valence-electron chi connectivity index (χ1n) is 7.17. The number of nitrogens with one attached hydrogen (secondary N) is 1. The van der Waals surface area contributed by atoms with Crippen LogP contribution < -0.4 is 5.32 Å². The van der Waals surface area contributed by atoms with E-state index in [0.29, 0.717) is 6.04 Å². The molecule has 1 amide bonds. The van der Waals surface area contributed by atoms with E-state index in [1.165, 1.54) is 30.6 Å². The summed E-state index contributed by atoms with van der Waals surface area (Å²) in [7, 11) is 0. The van der Waals surface area contributed by atoms with E-state index in [1.54, 1.807) is 6.20 Å². The van der Waals surface area contributed by atoms with Gasteiger partial charge in [0.05, 0.1) is 11.2 Å². The fraction of sp³-hybridized carbons (Fsp3) is 0.714. The number of likely N-dealkylation sites (tertiary alicyclic amines) is 1. The molecule has 1 unspecified atom stereocenters. The van der Waals surface area contributed by atoms with Crippen molar-refractivity contribution in [2.24, 2.45) is 0 Å². The monoisotopic (exact) mass is 281 g/mol. The highest BCUT2D eigenvalue weighted by Gasteiger charge is 2.18. The number of thiazole rings is 1. The third-order valence-corrected chi connectivity index (χ3v) is 4.85. The molecule has 106 valence electrons. The van der Waals surface area contributed by atoms with E-state index in [4.69, 9.17) is 0 Å². The van der Waals surface area contributed by atoms with Gasteiger partial charge >= 0.3 is 0 Å². The molecule has 0 aromatic carbocycles. The van der Waals surface area contributed by atoms with Crippen molar-refractivity contribution in [3.63, 3.8) is 0 Å². The second kappa shape index (κ2) is 7.01. The zero-order valence-electron chi connectivity index (χ0n) is 11.8. The number of hydrogen-bond donors (Lipinski definition) is 1. The number of carbonyl (C=O) groups excluding carboxylic acids is 1. The van der Waals surface area contributed by atoms with Crippen molar-refractivity contribution in [2.75, 3.05) is 19.6 Å². The highest BCUT2D eigenvalue weighted by Crippen LogP contribution is 2.15. The molecule has 0 bridgehead atoms. The molecule has 4 nitrogen and oxygen atoms in total. The summed E-state index contributed by atoms with van der Waals surface area (Å²) in [4.78, 5) is 19.3. The highest BCUT2D eigenvalue weighted by atomic mass is 32.1. The van der Waals surface area contributed by atoms with Crippen LogP contribution in [-0.2, 0) is 6.42 Å². The molecule has 1 aliphatic rings. The van der Waals surface area contributed by atoms with E-state index in [0.717, 1.165) is 35.9 Å². The van der Waals surface area contributed by atoms with Crippen LogP contribution in [0.3, 0.4) is 0 Å². The normalized spacial score (nSPS) is 20.4. The van der Waals surface area contributed by atoms with Gasteiger partial charge in [0.15, 0.2) is 0 Å². The van der Waals surface area contributed by atoms with Gasteiger partial charge in [-0.3, -0.25) is 9.69 Å². The maximum absolute atomic E-state index is 11.9. The van der Waals surface area contributed by atoms with Crippen LogP contribution >= 0.6 is 11.3 Å². The first-order valence-corrected chi connectivity index (χ1v) is 7.99. The maximum Gasteiger partial charge on any atom is 0.263 e. The maximum atomic E-state index is 11.9. The summed E-state index contributed by atoms with van der Waals surface area (Å²) in [6.07, 6.45) is 6.48. The van der Waals surface area contributed by atoms with Gasteiger partial charge in [0.2, 0.25) is 0 Å². The van der Waals surface area contributed by atoms with Gasteiger partial charge in [-0.15, -0.1) is 11.3 Å². The lowest BCUT2D eigenvalue weighted by molar-refractivity contribution is 0.0942. The Kier molecular flexibility index (Phi) is 5.34. The van der Waals surface area contributed by atoms with Crippen molar-refractivity contribution in [1.82, 2.24) is 15.2 Å². The molecular formula is C14H23N3OS. The average molecular weight is 281 g/mol. The van der Waals surface area contributed by atoms with Crippen LogP contribution in [0.25, 0.3) is 0 Å². The zero-order valence-corrected chi connectivity index (χ0v) is 12.6. The van der Waals surface area contributed by atoms with E-state index < -0.39 is 0 Å². The molecular weight excluding hydrogens is 258 g/mol. The van der Waals surface area contributed by atoms with E-state index in [1.807, 2.05) is 0 Å². The van der Waals surface area contributed by atoms with Crippen LogP contribution in [0, 0.1) is 0 Å². The number of nitrogens with zero attached hydrogens (tertiary/aromatic N) is 2. The Balaban J connectivity index is 1.74. The third kappa shape index (κ3) is 4.01. The molecule has 2 rings (SSSR count). The van der Waals surface area contributed by atoms with Crippen molar-refractivity contribution < 1.29 is 4.79 Å². The van der Waals surface area contributed by atoms with Crippen LogP contribution in [0.15, 0.2) is 6.20 Å². The molecule has 1 N–H and O–H groups in total. The van der Waals surface area contributed by atoms with Crippen LogP contribution in [0.5, 0.6) is 0 Å². The van der Waals surface area contributed by atoms with Crippen molar-refractivity contribution in [3.8, 4) is 0 Å². The van der Waals surface area contributed by atoms with E-state index in [2.05, 4.69) is 29.0 Å². The van der Waals surface area contributed by atoms with E-state index >= 15 is 0 Å². The fourth-order valence-electron chi connectivity index (χ4n) is 2.47. The Morgan fingerprint density at radius 1 is 1.58 bits per heavy atom. The zero-order chi connectivity index (χ0) is 13.7. The summed E-state index contributed by atoms with van der Waals surface area (Å²) in [5, 5.41) is 4.02. The Labute approximate surface area is 119 Å². The largest absolute Gasteiger partial charge is 0.350 e. The van der Waals surface area contributed by atoms with Crippen molar-refractivity contribution in [1.29, 1.82) is 0 Å². The first-order chi connectivity index (χ1) is 9.20. The molecule has 19 heavy (non-hydrogen) atoms. The van der Waals surface area contributed by atoms with E-state index in [-0.39, 0.29) is 5.91 Å². The Morgan fingerprint density at radius 2 is 2.42 bits per heavy atom. The molecule has 1 aromatic heterocycles. The lowest BCUT2D eigenvalue weighted by Gasteiger charge is -2.33. The molecule has 1 aromatic rings. The van der Waals surface area contributed by atoms with Crippen molar-refractivity contribution >= 4 is 17.2 Å². The third-order valence-electron chi connectivity index (χ3n) is 3.70. The molecule has 5 heteroatoms. The average Bonchev–Trinajstić information content (AvgIpc) is 2.90. The number of piperidine rings is 1. The minimum atomic E-state index is 0.0156. The summed E-state index contributed by atoms with van der Waals surface area (Å²) in [5.74, 6) is 0.0156. The lowest BCUT2D eigenvalue weighted by Crippen LogP contribution is -2.42. The minimum absolute atomic E-state index is 0.0156. The fourth-order valence-corrected chi connectivity index (χ4v) is 3.24. The quantitative estimate of drug-likeness (QED) is 0.901. The summed E-state index contributed by atoms with van der Waals surface area (Å²) in [6, 6.07) is 0.653. The smallest absolute Gasteiger partial charge is 0.263 e. The van der Waals surface area contributed by atoms with Crippen LogP contribution in [-0.4, -0.2) is 41.5 Å². The van der Waals surface area contributed by atoms with Crippen LogP contribution in [0.4, 0.5) is 0 Å². The Hall–Kier alpha value is -0.940. The number of carbonyl (C=O) groups is 1. The summed E-state index contributed by atoms with van der Waals surface area (Å²) >= 11 is 1.49. The Bertz CT molecular complexity index is 419. The second-order valence-corrected chi connectivity index (χ2v) is 6.22. The number of aromatic nitrogens is 1. The lowest BCUT2D eigenvalue weighted by atomic mass is 10.0. The number of amides is 1. The van der Waals surface area contributed by atoms with Gasteiger partial charge < -0.3 is 5.32 Å². The molecule has 1 atom stereocenters. The molecule has 0 saturated carbocycles. The topological polar surface area (TPSA) is 45.2 Å². The van der Waals surface area contributed by atoms with Crippen molar-refractivity contribution in [3.05, 3.63) is 16.1 Å². The number of hydrogen-bond acceptors (Lipinski definition) is 4. The minimum Gasteiger partial charge on any atom is -0.350 e. The van der Waals surface area contributed by atoms with Gasteiger partial charge in [-0.25, -0.2) is 4.98 Å². The molecule has 0 spiro atoms. The molecule has 1 saturated heterocycles. The standard InChI is InChI=1S/C14H23N3OS/c1-3-13-16-10-12(19-13)14(18)15-7-9-17-8-5-4-6-11(17)2/h10-11H,3-9H2,1-2H3,(H,15,18). The summed E-state index contributed by atoms with van der Waals surface area (Å²) in [5.41, 5.74) is 0. The van der Waals surface area contributed by atoms with Gasteiger partial charge in [-0.05, 0) is 32.7 Å². The van der Waals surface area contributed by atoms with Gasteiger partial charge in [-0.2, -0.15) is 0 Å². The van der Waals surface area contributed by atoms with Gasteiger partial charge in [0.1, 0.15) is 4.88 Å². The number of rotatable bonds is 5. The van der Waals surface area contributed by atoms with Crippen molar-refractivity contribution in [2.45, 2.75) is 45.6 Å². The molecule has 0 aliphatic carbocycles. The highest BCUT2D eigenvalue weighted by molar-refractivity contribution is 7.13. The van der Waals surface area contributed by atoms with Gasteiger partial charge in [0, 0.05) is 19.1 Å². The second-order valence-electron chi connectivity index (χ2n) is 5.11. The molecule has 2 heterocycles. The van der Waals surface area contributed by atoms with E-state index in [9.17, 15) is 4.79 Å². The summed E-state index contributed by atoms with van der Waals surface area (Å²) < 4.78 is 0. The summed E-state index contributed by atoms with van der Waals surface area (Å²) in [6.45, 7) is 7.17. The SMILES string of the molecule is CCc1ncc(C(=O)NCCN2CCCCC2C)s1. The molecule has 0 radical (unpaired) electrons. The van der Waals surface area contributed by atoms with Gasteiger partial charge in [-0.1, -0.05) is 13.3 Å². The molecule has 1 fully saturated rings. The predicted molar refractivity (Wildman–Crippen MR) is 78.7 cm³/mol. The first kappa shape index (κ1) is 14.5. The predicted octanol–water partition coefficient (Wildman–Crippen LogP) is 2.31. The molecule has 1 aliphatic heterocycles. The number of aryl methyl sites for hydroxylation is 1. The van der Waals surface area contributed by atoms with Crippen LogP contribution in [0.2, 0.25) is 0 Å². The Morgan fingerprint density at radius 3 is 3.11 bits per heavy atom. The van der Waals surface area contributed by atoms with Gasteiger partial charge in [0.25, 0.3) is 5.91 Å². The van der Waals surface area contributed by atoms with Crippen LogP contribution in [0.1, 0.15) is 47.8 Å².